The van der Waals surface area contributed by atoms with Crippen molar-refractivity contribution in [1.82, 2.24) is 15.3 Å². The number of nitrogens with one attached hydrogen (secondary N) is 1. The second kappa shape index (κ2) is 8.23. The van der Waals surface area contributed by atoms with Crippen LogP contribution in [-0.2, 0) is 19.5 Å². The maximum atomic E-state index is 12.7. The lowest BCUT2D eigenvalue weighted by Crippen LogP contribution is -2.49. The highest BCUT2D eigenvalue weighted by Gasteiger charge is 2.34. The van der Waals surface area contributed by atoms with E-state index in [1.807, 2.05) is 0 Å². The third-order valence-electron chi connectivity index (χ3n) is 3.30. The molecule has 0 atom stereocenters. The summed E-state index contributed by atoms with van der Waals surface area (Å²) >= 11 is 0.792. The van der Waals surface area contributed by atoms with Gasteiger partial charge in [0.1, 0.15) is 16.2 Å². The first-order valence-corrected chi connectivity index (χ1v) is 10.1. The molecule has 11 nitrogen and oxygen atoms in total. The molecule has 162 valence electrons. The van der Waals surface area contributed by atoms with Crippen LogP contribution in [0.15, 0.2) is 56.1 Å². The molecule has 3 rings (SSSR count). The highest BCUT2D eigenvalue weighted by atomic mass is 32.2. The van der Waals surface area contributed by atoms with E-state index in [4.69, 9.17) is 9.47 Å². The summed E-state index contributed by atoms with van der Waals surface area (Å²) in [7, 11) is -1.89. The van der Waals surface area contributed by atoms with Crippen LogP contribution in [0.3, 0.4) is 0 Å². The Kier molecular flexibility index (Phi) is 5.88. The van der Waals surface area contributed by atoms with Crippen LogP contribution in [0, 0.1) is 0 Å². The van der Waals surface area contributed by atoms with Crippen LogP contribution < -0.4 is 20.2 Å². The molecule has 0 fully saturated rings. The summed E-state index contributed by atoms with van der Waals surface area (Å²) in [6, 6.07) is 4.25. The lowest BCUT2D eigenvalue weighted by molar-refractivity contribution is -0.275. The second-order valence-electron chi connectivity index (χ2n) is 5.23. The first-order chi connectivity index (χ1) is 14.1. The highest BCUT2D eigenvalue weighted by molar-refractivity contribution is 7.90. The Morgan fingerprint density at radius 3 is 2.60 bits per heavy atom. The molecule has 1 aromatic carbocycles. The Hall–Kier alpha value is -3.27. The summed E-state index contributed by atoms with van der Waals surface area (Å²) in [5, 5.41) is 8.90. The van der Waals surface area contributed by atoms with Crippen LogP contribution >= 0.6 is 11.3 Å². The minimum absolute atomic E-state index is 0.101. The third kappa shape index (κ3) is 4.82. The number of hydrazine groups is 1. The Morgan fingerprint density at radius 2 is 1.93 bits per heavy atom. The Labute approximate surface area is 171 Å². The topological polar surface area (TPSA) is 120 Å². The van der Waals surface area contributed by atoms with Crippen LogP contribution in [0.4, 0.5) is 13.2 Å². The zero-order chi connectivity index (χ0) is 21.9. The molecule has 1 N–H and O–H groups in total. The Morgan fingerprint density at radius 1 is 1.20 bits per heavy atom. The van der Waals surface area contributed by atoms with Crippen molar-refractivity contribution in [1.29, 1.82) is 0 Å². The number of aromatic nitrogens is 2. The lowest BCUT2D eigenvalue weighted by Gasteiger charge is -2.24. The lowest BCUT2D eigenvalue weighted by atomic mass is 10.3. The van der Waals surface area contributed by atoms with Gasteiger partial charge >= 0.3 is 6.36 Å². The number of methoxy groups -OCH3 is 2. The van der Waals surface area contributed by atoms with E-state index >= 15 is 0 Å². The van der Waals surface area contributed by atoms with E-state index in [1.165, 1.54) is 37.9 Å². The number of para-hydroxylation sites is 1. The predicted molar refractivity (Wildman–Crippen MR) is 96.9 cm³/mol. The van der Waals surface area contributed by atoms with E-state index in [2.05, 4.69) is 24.8 Å². The van der Waals surface area contributed by atoms with Crippen LogP contribution in [0.25, 0.3) is 0 Å². The maximum Gasteiger partial charge on any atom is 0.573 e. The number of hydrazone groups is 1. The van der Waals surface area contributed by atoms with Crippen molar-refractivity contribution in [2.24, 2.45) is 9.50 Å². The van der Waals surface area contributed by atoms with E-state index < -0.39 is 27.0 Å². The molecule has 2 aromatic rings. The second-order valence-corrected chi connectivity index (χ2v) is 7.61. The monoisotopic (exact) mass is 466 g/mol. The molecule has 0 unspecified atom stereocenters. The van der Waals surface area contributed by atoms with E-state index in [1.54, 1.807) is 0 Å². The van der Waals surface area contributed by atoms with Gasteiger partial charge in [-0.05, 0) is 12.1 Å². The van der Waals surface area contributed by atoms with Crippen molar-refractivity contribution in [3.63, 3.8) is 0 Å². The summed E-state index contributed by atoms with van der Waals surface area (Å²) in [6.45, 7) is 0. The van der Waals surface area contributed by atoms with Crippen molar-refractivity contribution in [2.75, 3.05) is 19.4 Å². The zero-order valence-electron chi connectivity index (χ0n) is 15.2. The van der Waals surface area contributed by atoms with Crippen molar-refractivity contribution in [3.05, 3.63) is 46.5 Å². The minimum atomic E-state index is -5.08. The molecule has 1 aliphatic rings. The van der Waals surface area contributed by atoms with Gasteiger partial charge in [-0.15, -0.1) is 27.5 Å². The molecule has 0 bridgehead atoms. The van der Waals surface area contributed by atoms with E-state index in [0.29, 0.717) is 0 Å². The van der Waals surface area contributed by atoms with Gasteiger partial charge in [0.2, 0.25) is 16.6 Å². The molecule has 1 aromatic heterocycles. The molecule has 0 saturated heterocycles. The van der Waals surface area contributed by atoms with Gasteiger partial charge in [0.25, 0.3) is 10.0 Å². The number of hydrogen-bond donors (Lipinski definition) is 1. The number of rotatable bonds is 5. The number of hydrogen-bond acceptors (Lipinski definition) is 10. The number of ether oxygens (including phenoxy) is 3. The van der Waals surface area contributed by atoms with Gasteiger partial charge in [-0.25, -0.2) is 5.43 Å². The summed E-state index contributed by atoms with van der Waals surface area (Å²) in [5.41, 5.74) is 3.91. The average molecular weight is 466 g/mol. The van der Waals surface area contributed by atoms with Gasteiger partial charge in [-0.2, -0.15) is 8.42 Å². The quantitative estimate of drug-likeness (QED) is 0.694. The van der Waals surface area contributed by atoms with Gasteiger partial charge in [0.15, 0.2) is 0 Å². The van der Waals surface area contributed by atoms with Crippen molar-refractivity contribution < 1.29 is 35.8 Å². The van der Waals surface area contributed by atoms with Crippen LogP contribution in [0.5, 0.6) is 5.75 Å². The first kappa shape index (κ1) is 21.4. The number of sulfonamides is 1. The SMILES string of the molecule is COC1=CC(OC)=NN(n2ncsc2=NS(=O)(=O)c2ccccc2OC(F)(F)F)N1. The largest absolute Gasteiger partial charge is 0.573 e. The van der Waals surface area contributed by atoms with Gasteiger partial charge < -0.3 is 14.2 Å². The number of halogens is 3. The van der Waals surface area contributed by atoms with Crippen LogP contribution in [0.2, 0.25) is 0 Å². The fourth-order valence-corrected chi connectivity index (χ4v) is 4.02. The molecule has 0 saturated carbocycles. The van der Waals surface area contributed by atoms with Crippen LogP contribution in [0.1, 0.15) is 0 Å². The molecule has 2 heterocycles. The van der Waals surface area contributed by atoms with Gasteiger partial charge in [-0.1, -0.05) is 33.8 Å². The average Bonchev–Trinajstić information content (AvgIpc) is 3.14. The molecule has 30 heavy (non-hydrogen) atoms. The van der Waals surface area contributed by atoms with E-state index in [9.17, 15) is 21.6 Å². The summed E-state index contributed by atoms with van der Waals surface area (Å²) in [4.78, 5) is -0.0613. The fourth-order valence-electron chi connectivity index (χ4n) is 2.11. The van der Waals surface area contributed by atoms with Gasteiger partial charge in [0.05, 0.1) is 20.3 Å². The predicted octanol–water partition coefficient (Wildman–Crippen LogP) is 1.04. The number of alkyl halides is 3. The maximum absolute atomic E-state index is 12.7. The molecule has 16 heteroatoms. The Balaban J connectivity index is 2.04. The molecule has 1 aliphatic heterocycles. The van der Waals surface area contributed by atoms with Gasteiger partial charge in [0, 0.05) is 0 Å². The van der Waals surface area contributed by atoms with Crippen molar-refractivity contribution >= 4 is 27.3 Å². The van der Waals surface area contributed by atoms with Gasteiger partial charge in [-0.3, -0.25) is 0 Å². The number of nitrogens with zero attached hydrogens (tertiary/aromatic N) is 5. The minimum Gasteiger partial charge on any atom is -0.481 e. The molecular weight excluding hydrogens is 453 g/mol. The molecule has 0 spiro atoms. The third-order valence-corrected chi connectivity index (χ3v) is 5.39. The standard InChI is InChI=1S/C14H13F3N6O5S2/c1-26-11-7-12(27-2)20-23(19-11)22-13(29-8-18-22)21-30(24,25)10-6-4-3-5-9(10)28-14(15,16)17/h3-8,19H,1-2H3. The van der Waals surface area contributed by atoms with Crippen LogP contribution in [-0.4, -0.2) is 44.8 Å². The molecule has 0 aliphatic carbocycles. The molecule has 0 amide bonds. The summed E-state index contributed by atoms with van der Waals surface area (Å²) in [6.07, 6.45) is -3.66. The number of benzene rings is 1. The van der Waals surface area contributed by atoms with Crippen molar-refractivity contribution in [2.45, 2.75) is 11.3 Å². The Bertz CT molecular complexity index is 1160. The van der Waals surface area contributed by atoms with Crippen molar-refractivity contribution in [3.8, 4) is 5.75 Å². The molecule has 0 radical (unpaired) electrons. The fraction of sp³-hybridized carbons (Fsp3) is 0.214. The first-order valence-electron chi connectivity index (χ1n) is 7.77. The summed E-state index contributed by atoms with van der Waals surface area (Å²) < 4.78 is 80.7. The van der Waals surface area contributed by atoms with E-state index in [-0.39, 0.29) is 16.6 Å². The highest BCUT2D eigenvalue weighted by Crippen LogP contribution is 2.30. The van der Waals surface area contributed by atoms with E-state index in [0.717, 1.165) is 33.5 Å². The molecular formula is C14H13F3N6O5S2. The summed E-state index contributed by atoms with van der Waals surface area (Å²) in [5.74, 6) is -0.617. The normalized spacial score (nSPS) is 15.2. The zero-order valence-corrected chi connectivity index (χ0v) is 16.8. The smallest absolute Gasteiger partial charge is 0.481 e.